The minimum atomic E-state index is -1.04. The van der Waals surface area contributed by atoms with Crippen LogP contribution in [0.15, 0.2) is 16.7 Å². The third kappa shape index (κ3) is 2.88. The van der Waals surface area contributed by atoms with Crippen LogP contribution in [0.5, 0.6) is 0 Å². The van der Waals surface area contributed by atoms with Crippen LogP contribution >= 0.6 is 0 Å². The molecular weight excluding hydrogens is 286 g/mol. The first-order chi connectivity index (χ1) is 10.3. The van der Waals surface area contributed by atoms with Crippen LogP contribution in [0, 0.1) is 20.8 Å². The van der Waals surface area contributed by atoms with Gasteiger partial charge < -0.3 is 14.9 Å². The highest BCUT2D eigenvalue weighted by molar-refractivity contribution is 5.98. The minimum Gasteiger partial charge on any atom is -0.480 e. The summed E-state index contributed by atoms with van der Waals surface area (Å²) in [5, 5.41) is 15.5. The van der Waals surface area contributed by atoms with E-state index >= 15 is 0 Å². The third-order valence-electron chi connectivity index (χ3n) is 3.53. The van der Waals surface area contributed by atoms with Crippen LogP contribution in [-0.4, -0.2) is 32.7 Å². The maximum atomic E-state index is 12.3. The van der Waals surface area contributed by atoms with Crippen molar-refractivity contribution in [2.45, 2.75) is 40.2 Å². The van der Waals surface area contributed by atoms with Crippen molar-refractivity contribution < 1.29 is 19.2 Å². The van der Waals surface area contributed by atoms with E-state index in [4.69, 9.17) is 9.63 Å². The van der Waals surface area contributed by atoms with Crippen molar-refractivity contribution in [3.8, 4) is 5.82 Å². The Labute approximate surface area is 127 Å². The average molecular weight is 305 g/mol. The van der Waals surface area contributed by atoms with Crippen LogP contribution in [0.1, 0.15) is 40.9 Å². The Balaban J connectivity index is 2.34. The van der Waals surface area contributed by atoms with Crippen molar-refractivity contribution in [1.82, 2.24) is 15.0 Å². The molecule has 2 rings (SSSR count). The van der Waals surface area contributed by atoms with Gasteiger partial charge in [0.2, 0.25) is 0 Å². The molecule has 7 nitrogen and oxygen atoms in total. The van der Waals surface area contributed by atoms with E-state index in [9.17, 15) is 9.59 Å². The molecule has 2 N–H and O–H groups in total. The standard InChI is InChI=1S/C15H19N3O4/c1-5-12(15(20)21)16-14(19)11-6-8(2)18(10(11)4)13-7-9(3)22-17-13/h6-7,12H,5H2,1-4H3,(H,16,19)(H,20,21). The Hall–Kier alpha value is -2.57. The molecule has 118 valence electrons. The monoisotopic (exact) mass is 305 g/mol. The number of aryl methyl sites for hydroxylation is 2. The number of rotatable bonds is 5. The van der Waals surface area contributed by atoms with E-state index < -0.39 is 17.9 Å². The molecule has 0 aliphatic heterocycles. The van der Waals surface area contributed by atoms with Gasteiger partial charge in [0.15, 0.2) is 5.82 Å². The predicted molar refractivity (Wildman–Crippen MR) is 79.2 cm³/mol. The number of hydrogen-bond donors (Lipinski definition) is 2. The van der Waals surface area contributed by atoms with Gasteiger partial charge in [-0.2, -0.15) is 0 Å². The van der Waals surface area contributed by atoms with E-state index in [2.05, 4.69) is 10.5 Å². The highest BCUT2D eigenvalue weighted by Crippen LogP contribution is 2.20. The lowest BCUT2D eigenvalue weighted by atomic mass is 10.2. The van der Waals surface area contributed by atoms with Gasteiger partial charge in [-0.05, 0) is 33.3 Å². The highest BCUT2D eigenvalue weighted by Gasteiger charge is 2.22. The number of aliphatic carboxylic acids is 1. The molecule has 0 aliphatic rings. The van der Waals surface area contributed by atoms with Gasteiger partial charge in [-0.3, -0.25) is 9.36 Å². The molecule has 2 aromatic heterocycles. The summed E-state index contributed by atoms with van der Waals surface area (Å²) in [4.78, 5) is 23.3. The minimum absolute atomic E-state index is 0.322. The molecule has 2 aromatic rings. The molecule has 1 unspecified atom stereocenters. The van der Waals surface area contributed by atoms with E-state index in [1.54, 1.807) is 37.5 Å². The topological polar surface area (TPSA) is 97.4 Å². The maximum Gasteiger partial charge on any atom is 0.326 e. The Bertz CT molecular complexity index is 714. The number of nitrogens with zero attached hydrogens (tertiary/aromatic N) is 2. The molecule has 0 saturated heterocycles. The second-order valence-corrected chi connectivity index (χ2v) is 5.19. The van der Waals surface area contributed by atoms with E-state index in [0.29, 0.717) is 29.3 Å². The summed E-state index contributed by atoms with van der Waals surface area (Å²) < 4.78 is 6.86. The number of carboxylic acids is 1. The van der Waals surface area contributed by atoms with Crippen LogP contribution in [0.4, 0.5) is 0 Å². The number of carboxylic acid groups (broad SMARTS) is 1. The number of carbonyl (C=O) groups excluding carboxylic acids is 1. The molecule has 1 atom stereocenters. The first kappa shape index (κ1) is 15.8. The lowest BCUT2D eigenvalue weighted by Crippen LogP contribution is -2.40. The molecule has 0 aliphatic carbocycles. The van der Waals surface area contributed by atoms with Crippen molar-refractivity contribution in [3.63, 3.8) is 0 Å². The van der Waals surface area contributed by atoms with Crippen molar-refractivity contribution in [3.05, 3.63) is 34.8 Å². The maximum absolute atomic E-state index is 12.3. The normalized spacial score (nSPS) is 12.2. The van der Waals surface area contributed by atoms with E-state index in [1.165, 1.54) is 0 Å². The first-order valence-electron chi connectivity index (χ1n) is 7.01. The number of hydrogen-bond acceptors (Lipinski definition) is 4. The van der Waals surface area contributed by atoms with E-state index in [-0.39, 0.29) is 0 Å². The van der Waals surface area contributed by atoms with Crippen molar-refractivity contribution in [1.29, 1.82) is 0 Å². The number of nitrogens with one attached hydrogen (secondary N) is 1. The zero-order valence-electron chi connectivity index (χ0n) is 13.0. The number of amides is 1. The fourth-order valence-corrected chi connectivity index (χ4v) is 2.38. The Morgan fingerprint density at radius 3 is 2.55 bits per heavy atom. The second-order valence-electron chi connectivity index (χ2n) is 5.19. The van der Waals surface area contributed by atoms with Gasteiger partial charge in [0.05, 0.1) is 5.56 Å². The molecule has 0 fully saturated rings. The Morgan fingerprint density at radius 1 is 1.36 bits per heavy atom. The summed E-state index contributed by atoms with van der Waals surface area (Å²) in [7, 11) is 0. The lowest BCUT2D eigenvalue weighted by molar-refractivity contribution is -0.139. The smallest absolute Gasteiger partial charge is 0.326 e. The fourth-order valence-electron chi connectivity index (χ4n) is 2.38. The Kier molecular flexibility index (Phi) is 4.35. The fraction of sp³-hybridized carbons (Fsp3) is 0.400. The van der Waals surface area contributed by atoms with Crippen molar-refractivity contribution in [2.24, 2.45) is 0 Å². The van der Waals surface area contributed by atoms with Crippen LogP contribution in [0.25, 0.3) is 5.82 Å². The molecule has 7 heteroatoms. The van der Waals surface area contributed by atoms with Crippen LogP contribution in [0.3, 0.4) is 0 Å². The van der Waals surface area contributed by atoms with Crippen molar-refractivity contribution in [2.75, 3.05) is 0 Å². The second kappa shape index (κ2) is 6.05. The summed E-state index contributed by atoms with van der Waals surface area (Å²) >= 11 is 0. The van der Waals surface area contributed by atoms with Gasteiger partial charge >= 0.3 is 5.97 Å². The lowest BCUT2D eigenvalue weighted by Gasteiger charge is -2.12. The average Bonchev–Trinajstić information content (AvgIpc) is 2.99. The molecule has 0 aromatic carbocycles. The predicted octanol–water partition coefficient (Wildman–Crippen LogP) is 1.98. The summed E-state index contributed by atoms with van der Waals surface area (Å²) in [5.41, 5.74) is 1.93. The largest absolute Gasteiger partial charge is 0.480 e. The molecule has 1 amide bonds. The molecule has 22 heavy (non-hydrogen) atoms. The van der Waals surface area contributed by atoms with Crippen LogP contribution in [0.2, 0.25) is 0 Å². The molecule has 0 radical (unpaired) electrons. The quantitative estimate of drug-likeness (QED) is 0.880. The summed E-state index contributed by atoms with van der Waals surface area (Å²) in [5.74, 6) is -0.187. The number of aromatic nitrogens is 2. The molecule has 0 saturated carbocycles. The highest BCUT2D eigenvalue weighted by atomic mass is 16.5. The zero-order chi connectivity index (χ0) is 16.4. The van der Waals surface area contributed by atoms with Gasteiger partial charge in [0, 0.05) is 17.5 Å². The van der Waals surface area contributed by atoms with Gasteiger partial charge in [-0.15, -0.1) is 0 Å². The molecule has 2 heterocycles. The van der Waals surface area contributed by atoms with Gasteiger partial charge in [-0.1, -0.05) is 12.1 Å². The Morgan fingerprint density at radius 2 is 2.05 bits per heavy atom. The molecular formula is C15H19N3O4. The summed E-state index contributed by atoms with van der Waals surface area (Å²) in [6, 6.07) is 2.58. The number of carbonyl (C=O) groups is 2. The molecule has 0 bridgehead atoms. The zero-order valence-corrected chi connectivity index (χ0v) is 13.0. The van der Waals surface area contributed by atoms with Gasteiger partial charge in [0.1, 0.15) is 11.8 Å². The van der Waals surface area contributed by atoms with Gasteiger partial charge in [0.25, 0.3) is 5.91 Å². The summed E-state index contributed by atoms with van der Waals surface area (Å²) in [6.45, 7) is 7.13. The van der Waals surface area contributed by atoms with Crippen LogP contribution in [-0.2, 0) is 4.79 Å². The van der Waals surface area contributed by atoms with Gasteiger partial charge in [-0.25, -0.2) is 4.79 Å². The SMILES string of the molecule is CCC(NC(=O)c1cc(C)n(-c2cc(C)on2)c1C)C(=O)O. The van der Waals surface area contributed by atoms with E-state index in [0.717, 1.165) is 5.69 Å². The molecule has 0 spiro atoms. The van der Waals surface area contributed by atoms with Crippen LogP contribution < -0.4 is 5.32 Å². The van der Waals surface area contributed by atoms with Crippen molar-refractivity contribution >= 4 is 11.9 Å². The first-order valence-corrected chi connectivity index (χ1v) is 7.01. The third-order valence-corrected chi connectivity index (χ3v) is 3.53. The van der Waals surface area contributed by atoms with E-state index in [1.807, 2.05) is 6.92 Å². The summed E-state index contributed by atoms with van der Waals surface area (Å²) in [6.07, 6.45) is 0.322.